The third-order valence-electron chi connectivity index (χ3n) is 5.07. The predicted octanol–water partition coefficient (Wildman–Crippen LogP) is 2.79. The standard InChI is InChI=1S/C16H25N5S/c1-12-14-15(19(2)18-12)17-16(22-14)21-10-4-3-7-13(21)11-20-8-5-6-9-20/h13H,3-11H2,1-2H3. The van der Waals surface area contributed by atoms with Crippen LogP contribution in [-0.4, -0.2) is 51.9 Å². The Kier molecular flexibility index (Phi) is 3.82. The molecule has 6 heteroatoms. The predicted molar refractivity (Wildman–Crippen MR) is 91.8 cm³/mol. The van der Waals surface area contributed by atoms with E-state index < -0.39 is 0 Å². The minimum Gasteiger partial charge on any atom is -0.344 e. The van der Waals surface area contributed by atoms with Crippen molar-refractivity contribution in [2.75, 3.05) is 31.1 Å². The van der Waals surface area contributed by atoms with Gasteiger partial charge in [0.15, 0.2) is 10.8 Å². The highest BCUT2D eigenvalue weighted by atomic mass is 32.1. The molecule has 0 N–H and O–H groups in total. The molecule has 2 saturated heterocycles. The van der Waals surface area contributed by atoms with Gasteiger partial charge in [-0.25, -0.2) is 9.67 Å². The van der Waals surface area contributed by atoms with Gasteiger partial charge in [0.25, 0.3) is 0 Å². The summed E-state index contributed by atoms with van der Waals surface area (Å²) in [6.07, 6.45) is 6.71. The average molecular weight is 319 g/mol. The Morgan fingerprint density at radius 3 is 2.68 bits per heavy atom. The van der Waals surface area contributed by atoms with Gasteiger partial charge in [-0.1, -0.05) is 11.3 Å². The summed E-state index contributed by atoms with van der Waals surface area (Å²) in [5, 5.41) is 5.68. The van der Waals surface area contributed by atoms with Crippen LogP contribution in [0.5, 0.6) is 0 Å². The molecule has 0 radical (unpaired) electrons. The number of hydrogen-bond acceptors (Lipinski definition) is 5. The van der Waals surface area contributed by atoms with E-state index >= 15 is 0 Å². The Morgan fingerprint density at radius 1 is 1.14 bits per heavy atom. The number of likely N-dealkylation sites (tertiary alicyclic amines) is 1. The van der Waals surface area contributed by atoms with Gasteiger partial charge in [-0.3, -0.25) is 0 Å². The van der Waals surface area contributed by atoms with Gasteiger partial charge in [0, 0.05) is 26.2 Å². The highest BCUT2D eigenvalue weighted by molar-refractivity contribution is 7.22. The molecule has 22 heavy (non-hydrogen) atoms. The van der Waals surface area contributed by atoms with Crippen LogP contribution >= 0.6 is 11.3 Å². The van der Waals surface area contributed by atoms with Crippen LogP contribution in [0.3, 0.4) is 0 Å². The second kappa shape index (κ2) is 5.81. The number of anilines is 1. The lowest BCUT2D eigenvalue weighted by Gasteiger charge is -2.37. The first-order chi connectivity index (χ1) is 10.7. The largest absolute Gasteiger partial charge is 0.344 e. The number of piperidine rings is 1. The molecule has 0 saturated carbocycles. The zero-order chi connectivity index (χ0) is 15.1. The van der Waals surface area contributed by atoms with E-state index in [1.807, 2.05) is 23.1 Å². The number of nitrogens with zero attached hydrogens (tertiary/aromatic N) is 5. The fourth-order valence-electron chi connectivity index (χ4n) is 3.90. The Balaban J connectivity index is 1.60. The van der Waals surface area contributed by atoms with Crippen LogP contribution in [0.25, 0.3) is 10.3 Å². The summed E-state index contributed by atoms with van der Waals surface area (Å²) in [4.78, 5) is 10.1. The summed E-state index contributed by atoms with van der Waals surface area (Å²) < 4.78 is 3.17. The lowest BCUT2D eigenvalue weighted by molar-refractivity contribution is 0.285. The Hall–Kier alpha value is -1.14. The van der Waals surface area contributed by atoms with Gasteiger partial charge in [0.05, 0.1) is 10.4 Å². The summed E-state index contributed by atoms with van der Waals surface area (Å²) in [6.45, 7) is 7.03. The monoisotopic (exact) mass is 319 g/mol. The second-order valence-electron chi connectivity index (χ2n) is 6.71. The van der Waals surface area contributed by atoms with Crippen LogP contribution in [0, 0.1) is 6.92 Å². The van der Waals surface area contributed by atoms with E-state index in [4.69, 9.17) is 4.98 Å². The smallest absolute Gasteiger partial charge is 0.188 e. The molecule has 2 aliphatic rings. The van der Waals surface area contributed by atoms with Gasteiger partial charge >= 0.3 is 0 Å². The zero-order valence-electron chi connectivity index (χ0n) is 13.6. The Morgan fingerprint density at radius 2 is 1.91 bits per heavy atom. The fourth-order valence-corrected chi connectivity index (χ4v) is 5.03. The minimum absolute atomic E-state index is 0.640. The average Bonchev–Trinajstić information content (AvgIpc) is 3.20. The quantitative estimate of drug-likeness (QED) is 0.872. The van der Waals surface area contributed by atoms with Gasteiger partial charge in [-0.05, 0) is 52.1 Å². The van der Waals surface area contributed by atoms with Crippen molar-refractivity contribution in [3.8, 4) is 0 Å². The second-order valence-corrected chi connectivity index (χ2v) is 7.69. The Labute approximate surface area is 135 Å². The SMILES string of the molecule is Cc1nn(C)c2nc(N3CCCCC3CN3CCCC3)sc12. The van der Waals surface area contributed by atoms with Crippen LogP contribution < -0.4 is 4.90 Å². The van der Waals surface area contributed by atoms with Crippen molar-refractivity contribution in [3.63, 3.8) is 0 Å². The van der Waals surface area contributed by atoms with Crippen LogP contribution in [0.1, 0.15) is 37.8 Å². The van der Waals surface area contributed by atoms with Gasteiger partial charge < -0.3 is 9.80 Å². The summed E-state index contributed by atoms with van der Waals surface area (Å²) in [6, 6.07) is 0.640. The first-order valence-corrected chi connectivity index (χ1v) is 9.33. The van der Waals surface area contributed by atoms with Crippen molar-refractivity contribution < 1.29 is 0 Å². The molecular formula is C16H25N5S. The van der Waals surface area contributed by atoms with E-state index in [9.17, 15) is 0 Å². The van der Waals surface area contributed by atoms with Crippen LogP contribution in [0.4, 0.5) is 5.13 Å². The summed E-state index contributed by atoms with van der Waals surface area (Å²) in [5.41, 5.74) is 2.15. The van der Waals surface area contributed by atoms with Crippen molar-refractivity contribution >= 4 is 26.8 Å². The molecule has 0 spiro atoms. The molecule has 2 fully saturated rings. The van der Waals surface area contributed by atoms with Crippen LogP contribution in [-0.2, 0) is 7.05 Å². The first kappa shape index (κ1) is 14.5. The van der Waals surface area contributed by atoms with E-state index in [2.05, 4.69) is 21.8 Å². The topological polar surface area (TPSA) is 37.2 Å². The fraction of sp³-hybridized carbons (Fsp3) is 0.750. The molecule has 0 aliphatic carbocycles. The lowest BCUT2D eigenvalue weighted by Crippen LogP contribution is -2.46. The van der Waals surface area contributed by atoms with Crippen LogP contribution in [0.15, 0.2) is 0 Å². The molecule has 4 rings (SSSR count). The van der Waals surface area contributed by atoms with E-state index in [-0.39, 0.29) is 0 Å². The molecule has 2 aliphatic heterocycles. The highest BCUT2D eigenvalue weighted by Gasteiger charge is 2.28. The molecule has 0 amide bonds. The Bertz CT molecular complexity index is 620. The number of rotatable bonds is 3. The molecule has 120 valence electrons. The maximum Gasteiger partial charge on any atom is 0.188 e. The number of aromatic nitrogens is 3. The van der Waals surface area contributed by atoms with Crippen molar-refractivity contribution in [1.29, 1.82) is 0 Å². The molecule has 4 heterocycles. The van der Waals surface area contributed by atoms with Crippen molar-refractivity contribution in [2.45, 2.75) is 45.1 Å². The van der Waals surface area contributed by atoms with Gasteiger partial charge in [0.1, 0.15) is 0 Å². The van der Waals surface area contributed by atoms with E-state index in [1.165, 1.54) is 61.6 Å². The third-order valence-corrected chi connectivity index (χ3v) is 6.26. The van der Waals surface area contributed by atoms with Crippen molar-refractivity contribution in [1.82, 2.24) is 19.7 Å². The van der Waals surface area contributed by atoms with Gasteiger partial charge in [-0.15, -0.1) is 0 Å². The maximum atomic E-state index is 4.91. The van der Waals surface area contributed by atoms with Gasteiger partial charge in [-0.2, -0.15) is 5.10 Å². The van der Waals surface area contributed by atoms with Crippen LogP contribution in [0.2, 0.25) is 0 Å². The molecule has 2 aromatic heterocycles. The minimum atomic E-state index is 0.640. The molecule has 1 atom stereocenters. The number of aryl methyl sites for hydroxylation is 2. The molecule has 1 unspecified atom stereocenters. The third kappa shape index (κ3) is 2.52. The molecule has 0 aromatic carbocycles. The van der Waals surface area contributed by atoms with Crippen molar-refractivity contribution in [2.24, 2.45) is 7.05 Å². The molecule has 0 bridgehead atoms. The van der Waals surface area contributed by atoms with Crippen molar-refractivity contribution in [3.05, 3.63) is 5.69 Å². The molecular weight excluding hydrogens is 294 g/mol. The normalized spacial score (nSPS) is 23.7. The number of thiazole rings is 1. The van der Waals surface area contributed by atoms with E-state index in [1.54, 1.807) is 0 Å². The zero-order valence-corrected chi connectivity index (χ0v) is 14.4. The lowest BCUT2D eigenvalue weighted by atomic mass is 10.0. The number of hydrogen-bond donors (Lipinski definition) is 0. The van der Waals surface area contributed by atoms with E-state index in [0.717, 1.165) is 17.9 Å². The maximum absolute atomic E-state index is 4.91. The summed E-state index contributed by atoms with van der Waals surface area (Å²) in [7, 11) is 2.00. The number of fused-ring (bicyclic) bond motifs is 1. The summed E-state index contributed by atoms with van der Waals surface area (Å²) >= 11 is 1.83. The van der Waals surface area contributed by atoms with Gasteiger partial charge in [0.2, 0.25) is 0 Å². The highest BCUT2D eigenvalue weighted by Crippen LogP contribution is 2.34. The first-order valence-electron chi connectivity index (χ1n) is 8.51. The van der Waals surface area contributed by atoms with E-state index in [0.29, 0.717) is 6.04 Å². The summed E-state index contributed by atoms with van der Waals surface area (Å²) in [5.74, 6) is 0. The molecule has 2 aromatic rings. The molecule has 5 nitrogen and oxygen atoms in total.